The molecule has 2 N–H and O–H groups in total. The minimum atomic E-state index is 0.860. The fraction of sp³-hybridized carbons (Fsp3) is 0.182. The van der Waals surface area contributed by atoms with Crippen molar-refractivity contribution in [2.24, 2.45) is 0 Å². The van der Waals surface area contributed by atoms with Crippen molar-refractivity contribution in [2.75, 3.05) is 24.9 Å². The van der Waals surface area contributed by atoms with Crippen LogP contribution < -0.4 is 20.1 Å². The van der Waals surface area contributed by atoms with E-state index < -0.39 is 0 Å². The van der Waals surface area contributed by atoms with Crippen LogP contribution in [0.5, 0.6) is 11.5 Å². The SMILES string of the molecule is COc1c(C)cccc1Nc1ccc(Nc2cccc(C)c2OC)cc1. The number of benzene rings is 3. The molecule has 0 saturated carbocycles. The predicted molar refractivity (Wildman–Crippen MR) is 108 cm³/mol. The van der Waals surface area contributed by atoms with E-state index in [2.05, 4.69) is 10.6 Å². The highest BCUT2D eigenvalue weighted by atomic mass is 16.5. The largest absolute Gasteiger partial charge is 0.494 e. The van der Waals surface area contributed by atoms with Crippen LogP contribution in [-0.2, 0) is 0 Å². The highest BCUT2D eigenvalue weighted by molar-refractivity contribution is 5.72. The molecule has 26 heavy (non-hydrogen) atoms. The molecule has 0 aliphatic carbocycles. The van der Waals surface area contributed by atoms with Crippen molar-refractivity contribution in [1.82, 2.24) is 0 Å². The molecule has 0 aliphatic rings. The zero-order valence-electron chi connectivity index (χ0n) is 15.6. The average molecular weight is 348 g/mol. The van der Waals surface area contributed by atoms with E-state index in [4.69, 9.17) is 9.47 Å². The summed E-state index contributed by atoms with van der Waals surface area (Å²) in [6, 6.07) is 20.3. The number of methoxy groups -OCH3 is 2. The summed E-state index contributed by atoms with van der Waals surface area (Å²) >= 11 is 0. The van der Waals surface area contributed by atoms with E-state index in [1.807, 2.05) is 74.5 Å². The normalized spacial score (nSPS) is 10.3. The van der Waals surface area contributed by atoms with E-state index in [9.17, 15) is 0 Å². The van der Waals surface area contributed by atoms with Gasteiger partial charge < -0.3 is 20.1 Å². The van der Waals surface area contributed by atoms with E-state index in [-0.39, 0.29) is 0 Å². The van der Waals surface area contributed by atoms with Gasteiger partial charge in [0, 0.05) is 11.4 Å². The molecular formula is C22H24N2O2. The number of ether oxygens (including phenoxy) is 2. The van der Waals surface area contributed by atoms with E-state index in [1.54, 1.807) is 14.2 Å². The highest BCUT2D eigenvalue weighted by Crippen LogP contribution is 2.33. The molecule has 4 heteroatoms. The van der Waals surface area contributed by atoms with Crippen LogP contribution in [0.4, 0.5) is 22.7 Å². The number of hydrogen-bond acceptors (Lipinski definition) is 4. The van der Waals surface area contributed by atoms with Gasteiger partial charge >= 0.3 is 0 Å². The van der Waals surface area contributed by atoms with Crippen molar-refractivity contribution in [1.29, 1.82) is 0 Å². The lowest BCUT2D eigenvalue weighted by molar-refractivity contribution is 0.413. The van der Waals surface area contributed by atoms with Gasteiger partial charge in [-0.25, -0.2) is 0 Å². The van der Waals surface area contributed by atoms with E-state index >= 15 is 0 Å². The number of hydrogen-bond donors (Lipinski definition) is 2. The quantitative estimate of drug-likeness (QED) is 0.590. The van der Waals surface area contributed by atoms with E-state index in [0.29, 0.717) is 0 Å². The van der Waals surface area contributed by atoms with Crippen LogP contribution in [0.1, 0.15) is 11.1 Å². The molecule has 0 atom stereocenters. The van der Waals surface area contributed by atoms with Crippen LogP contribution >= 0.6 is 0 Å². The fourth-order valence-corrected chi connectivity index (χ4v) is 2.99. The Morgan fingerprint density at radius 3 is 1.31 bits per heavy atom. The Kier molecular flexibility index (Phi) is 5.32. The molecule has 0 bridgehead atoms. The second kappa shape index (κ2) is 7.83. The third-order valence-electron chi connectivity index (χ3n) is 4.27. The summed E-state index contributed by atoms with van der Waals surface area (Å²) in [5, 5.41) is 6.82. The van der Waals surface area contributed by atoms with Crippen LogP contribution in [0.25, 0.3) is 0 Å². The molecule has 0 aromatic heterocycles. The van der Waals surface area contributed by atoms with Gasteiger partial charge in [0.1, 0.15) is 11.5 Å². The first kappa shape index (κ1) is 17.7. The average Bonchev–Trinajstić information content (AvgIpc) is 2.64. The van der Waals surface area contributed by atoms with Crippen molar-refractivity contribution in [3.8, 4) is 11.5 Å². The maximum Gasteiger partial charge on any atom is 0.145 e. The van der Waals surface area contributed by atoms with Gasteiger partial charge in [0.05, 0.1) is 25.6 Å². The van der Waals surface area contributed by atoms with Crippen LogP contribution in [0, 0.1) is 13.8 Å². The Morgan fingerprint density at radius 2 is 0.962 bits per heavy atom. The van der Waals surface area contributed by atoms with Crippen molar-refractivity contribution in [2.45, 2.75) is 13.8 Å². The van der Waals surface area contributed by atoms with E-state index in [0.717, 1.165) is 45.4 Å². The standard InChI is InChI=1S/C22H24N2O2/c1-15-7-5-9-19(21(15)25-3)23-17-11-13-18(14-12-17)24-20-10-6-8-16(2)22(20)26-4/h5-14,23-24H,1-4H3. The lowest BCUT2D eigenvalue weighted by Gasteiger charge is -2.15. The van der Waals surface area contributed by atoms with Gasteiger partial charge in [-0.05, 0) is 61.4 Å². The van der Waals surface area contributed by atoms with Gasteiger partial charge in [-0.3, -0.25) is 0 Å². The summed E-state index contributed by atoms with van der Waals surface area (Å²) in [5.41, 5.74) is 6.10. The number of rotatable bonds is 6. The third-order valence-corrected chi connectivity index (χ3v) is 4.27. The lowest BCUT2D eigenvalue weighted by Crippen LogP contribution is -1.98. The molecular weight excluding hydrogens is 324 g/mol. The minimum absolute atomic E-state index is 0.860. The highest BCUT2D eigenvalue weighted by Gasteiger charge is 2.08. The molecule has 0 heterocycles. The molecule has 3 rings (SSSR count). The first-order valence-corrected chi connectivity index (χ1v) is 8.53. The van der Waals surface area contributed by atoms with Gasteiger partial charge in [-0.15, -0.1) is 0 Å². The van der Waals surface area contributed by atoms with Crippen LogP contribution in [0.15, 0.2) is 60.7 Å². The molecule has 3 aromatic rings. The van der Waals surface area contributed by atoms with Gasteiger partial charge in [-0.1, -0.05) is 24.3 Å². The summed E-state index contributed by atoms with van der Waals surface area (Å²) in [4.78, 5) is 0. The van der Waals surface area contributed by atoms with Crippen LogP contribution in [0.2, 0.25) is 0 Å². The number of para-hydroxylation sites is 2. The van der Waals surface area contributed by atoms with Crippen LogP contribution in [-0.4, -0.2) is 14.2 Å². The first-order chi connectivity index (χ1) is 12.6. The third kappa shape index (κ3) is 3.75. The fourth-order valence-electron chi connectivity index (χ4n) is 2.99. The van der Waals surface area contributed by atoms with Gasteiger partial charge in [-0.2, -0.15) is 0 Å². The predicted octanol–water partition coefficient (Wildman–Crippen LogP) is 5.81. The Hall–Kier alpha value is -3.14. The summed E-state index contributed by atoms with van der Waals surface area (Å²) in [5.74, 6) is 1.72. The van der Waals surface area contributed by atoms with Crippen molar-refractivity contribution in [3.05, 3.63) is 71.8 Å². The molecule has 0 spiro atoms. The summed E-state index contributed by atoms with van der Waals surface area (Å²) in [6.07, 6.45) is 0. The number of anilines is 4. The summed E-state index contributed by atoms with van der Waals surface area (Å²) in [6.45, 7) is 4.07. The second-order valence-electron chi connectivity index (χ2n) is 6.14. The maximum absolute atomic E-state index is 5.50. The number of aryl methyl sites for hydroxylation is 2. The zero-order chi connectivity index (χ0) is 18.5. The molecule has 0 amide bonds. The first-order valence-electron chi connectivity index (χ1n) is 8.53. The van der Waals surface area contributed by atoms with Crippen molar-refractivity contribution < 1.29 is 9.47 Å². The van der Waals surface area contributed by atoms with Crippen LogP contribution in [0.3, 0.4) is 0 Å². The molecule has 0 unspecified atom stereocenters. The Labute approximate surface area is 154 Å². The van der Waals surface area contributed by atoms with Gasteiger partial charge in [0.25, 0.3) is 0 Å². The summed E-state index contributed by atoms with van der Waals surface area (Å²) in [7, 11) is 3.38. The molecule has 134 valence electrons. The van der Waals surface area contributed by atoms with E-state index in [1.165, 1.54) is 0 Å². The summed E-state index contributed by atoms with van der Waals surface area (Å²) < 4.78 is 11.0. The molecule has 0 aliphatic heterocycles. The Bertz CT molecular complexity index is 815. The van der Waals surface area contributed by atoms with Gasteiger partial charge in [0.2, 0.25) is 0 Å². The monoisotopic (exact) mass is 348 g/mol. The Morgan fingerprint density at radius 1 is 0.577 bits per heavy atom. The Balaban J connectivity index is 1.78. The zero-order valence-corrected chi connectivity index (χ0v) is 15.6. The van der Waals surface area contributed by atoms with Crippen molar-refractivity contribution >= 4 is 22.7 Å². The lowest BCUT2D eigenvalue weighted by atomic mass is 10.1. The van der Waals surface area contributed by atoms with Gasteiger partial charge in [0.15, 0.2) is 0 Å². The topological polar surface area (TPSA) is 42.5 Å². The molecule has 0 radical (unpaired) electrons. The molecule has 0 fully saturated rings. The smallest absolute Gasteiger partial charge is 0.145 e. The molecule has 3 aromatic carbocycles. The molecule has 0 saturated heterocycles. The number of nitrogens with one attached hydrogen (secondary N) is 2. The maximum atomic E-state index is 5.50. The second-order valence-corrected chi connectivity index (χ2v) is 6.14. The molecule has 4 nitrogen and oxygen atoms in total. The minimum Gasteiger partial charge on any atom is -0.494 e. The van der Waals surface area contributed by atoms with Crippen molar-refractivity contribution in [3.63, 3.8) is 0 Å².